The fraction of sp³-hybridized carbons (Fsp3) is 0.360. The Balaban J connectivity index is 1.39. The number of hydrogen-bond donors (Lipinski definition) is 1. The first-order valence-corrected chi connectivity index (χ1v) is 13.8. The van der Waals surface area contributed by atoms with Crippen LogP contribution in [0.5, 0.6) is 0 Å². The molecule has 2 aliphatic carbocycles. The molecule has 9 heteroatoms. The van der Waals surface area contributed by atoms with Crippen LogP contribution in [0.1, 0.15) is 35.6 Å². The molecule has 2 heterocycles. The number of hydrogen-bond acceptors (Lipinski definition) is 4. The molecule has 34 heavy (non-hydrogen) atoms. The van der Waals surface area contributed by atoms with Gasteiger partial charge in [-0.1, -0.05) is 46.7 Å². The zero-order valence-electron chi connectivity index (χ0n) is 18.0. The largest absolute Gasteiger partial charge is 0.325 e. The van der Waals surface area contributed by atoms with E-state index >= 15 is 0 Å². The number of benzene rings is 2. The Labute approximate surface area is 214 Å². The molecule has 3 aliphatic rings. The first-order chi connectivity index (χ1) is 16.4. The van der Waals surface area contributed by atoms with E-state index in [0.29, 0.717) is 38.7 Å². The highest BCUT2D eigenvalue weighted by atomic mass is 35.5. The van der Waals surface area contributed by atoms with Gasteiger partial charge in [-0.05, 0) is 72.9 Å². The number of aromatic nitrogens is 1. The van der Waals surface area contributed by atoms with Crippen molar-refractivity contribution in [3.05, 3.63) is 78.4 Å². The van der Waals surface area contributed by atoms with Crippen molar-refractivity contribution in [1.29, 1.82) is 0 Å². The smallest absolute Gasteiger partial charge is 0.308 e. The van der Waals surface area contributed by atoms with Gasteiger partial charge in [0.15, 0.2) is 0 Å². The number of nitrogens with zero attached hydrogens (tertiary/aromatic N) is 1. The number of halogens is 3. The predicted octanol–water partition coefficient (Wildman–Crippen LogP) is 6.65. The highest BCUT2D eigenvalue weighted by molar-refractivity contribution is 8.00. The van der Waals surface area contributed by atoms with Gasteiger partial charge in [-0.2, -0.15) is 0 Å². The van der Waals surface area contributed by atoms with Crippen LogP contribution in [0.4, 0.5) is 10.1 Å². The standard InChI is InChI=1S/C25H21Cl2FN2O2S2/c26-17-3-1-2-16(21(17)27)20-19-12-4-5-13(10-12)22(19)33-24-23(20)34-25(32)30(24)11-18(31)29-15-8-6-14(28)7-9-15/h1-3,6-9,12-13,19-20,22H,4-5,10-11H2,(H,29,31)/t12?,13?,19?,20-,22?/m1/s1. The van der Waals surface area contributed by atoms with Crippen LogP contribution < -0.4 is 10.2 Å². The molecule has 176 valence electrons. The molecule has 0 radical (unpaired) electrons. The molecule has 4 nitrogen and oxygen atoms in total. The maximum atomic E-state index is 13.2. The molecular weight excluding hydrogens is 514 g/mol. The highest BCUT2D eigenvalue weighted by Crippen LogP contribution is 2.64. The number of carbonyl (C=O) groups is 1. The van der Waals surface area contributed by atoms with Gasteiger partial charge in [-0.15, -0.1) is 11.8 Å². The topological polar surface area (TPSA) is 51.1 Å². The molecule has 2 saturated carbocycles. The van der Waals surface area contributed by atoms with Gasteiger partial charge in [0.25, 0.3) is 0 Å². The number of carbonyl (C=O) groups excluding carboxylic acids is 1. The number of nitrogens with one attached hydrogen (secondary N) is 1. The Morgan fingerprint density at radius 1 is 1.12 bits per heavy atom. The van der Waals surface area contributed by atoms with Gasteiger partial charge < -0.3 is 5.32 Å². The lowest BCUT2D eigenvalue weighted by atomic mass is 9.75. The van der Waals surface area contributed by atoms with Crippen LogP contribution in [0.15, 0.2) is 52.3 Å². The summed E-state index contributed by atoms with van der Waals surface area (Å²) < 4.78 is 14.8. The number of rotatable bonds is 4. The van der Waals surface area contributed by atoms with Crippen LogP contribution in [0.3, 0.4) is 0 Å². The van der Waals surface area contributed by atoms with Crippen molar-refractivity contribution >= 4 is 57.9 Å². The van der Waals surface area contributed by atoms with Crippen molar-refractivity contribution in [2.24, 2.45) is 17.8 Å². The predicted molar refractivity (Wildman–Crippen MR) is 136 cm³/mol. The molecule has 1 aromatic heterocycles. The van der Waals surface area contributed by atoms with E-state index in [1.54, 1.807) is 22.4 Å². The molecule has 6 rings (SSSR count). The van der Waals surface area contributed by atoms with Crippen LogP contribution in [0, 0.1) is 23.6 Å². The Bertz CT molecular complexity index is 1340. The quantitative estimate of drug-likeness (QED) is 0.407. The van der Waals surface area contributed by atoms with Crippen LogP contribution >= 0.6 is 46.3 Å². The first kappa shape index (κ1) is 22.7. The first-order valence-electron chi connectivity index (χ1n) is 11.3. The zero-order valence-corrected chi connectivity index (χ0v) is 21.1. The van der Waals surface area contributed by atoms with E-state index in [1.165, 1.54) is 54.9 Å². The third-order valence-electron chi connectivity index (χ3n) is 7.44. The monoisotopic (exact) mass is 534 g/mol. The van der Waals surface area contributed by atoms with Crippen molar-refractivity contribution in [3.8, 4) is 0 Å². The van der Waals surface area contributed by atoms with Crippen molar-refractivity contribution in [1.82, 2.24) is 4.57 Å². The molecule has 3 aromatic rings. The molecule has 4 unspecified atom stereocenters. The number of thioether (sulfide) groups is 1. The van der Waals surface area contributed by atoms with Gasteiger partial charge in [-0.25, -0.2) is 4.39 Å². The second-order valence-corrected chi connectivity index (χ2v) is 12.2. The van der Waals surface area contributed by atoms with Crippen molar-refractivity contribution in [2.75, 3.05) is 5.32 Å². The summed E-state index contributed by atoms with van der Waals surface area (Å²) in [5, 5.41) is 5.10. The Morgan fingerprint density at radius 2 is 1.88 bits per heavy atom. The number of fused-ring (bicyclic) bond motifs is 6. The highest BCUT2D eigenvalue weighted by Gasteiger charge is 2.55. The van der Waals surface area contributed by atoms with Crippen LogP contribution in [0.25, 0.3) is 0 Å². The minimum Gasteiger partial charge on any atom is -0.325 e. The summed E-state index contributed by atoms with van der Waals surface area (Å²) in [5.74, 6) is 0.952. The number of amides is 1. The minimum atomic E-state index is -0.372. The van der Waals surface area contributed by atoms with E-state index in [1.807, 2.05) is 12.1 Å². The van der Waals surface area contributed by atoms with Crippen molar-refractivity contribution in [2.45, 2.75) is 42.0 Å². The Kier molecular flexibility index (Phi) is 5.79. The van der Waals surface area contributed by atoms with E-state index in [-0.39, 0.29) is 29.1 Å². The maximum Gasteiger partial charge on any atom is 0.308 e. The van der Waals surface area contributed by atoms with E-state index in [4.69, 9.17) is 23.2 Å². The van der Waals surface area contributed by atoms with Gasteiger partial charge in [0.1, 0.15) is 12.4 Å². The fourth-order valence-corrected chi connectivity index (χ4v) is 9.64. The summed E-state index contributed by atoms with van der Waals surface area (Å²) in [7, 11) is 0. The van der Waals surface area contributed by atoms with Crippen LogP contribution in [-0.4, -0.2) is 15.7 Å². The minimum absolute atomic E-state index is 0.00172. The Morgan fingerprint density at radius 3 is 2.68 bits per heavy atom. The maximum absolute atomic E-state index is 13.2. The summed E-state index contributed by atoms with van der Waals surface area (Å²) >= 11 is 16.1. The third-order valence-corrected chi connectivity index (χ3v) is 11.1. The van der Waals surface area contributed by atoms with Gasteiger partial charge in [0.05, 0.1) is 15.1 Å². The second-order valence-electron chi connectivity index (χ2n) is 9.29. The molecule has 1 N–H and O–H groups in total. The average Bonchev–Trinajstić information content (AvgIpc) is 3.51. The van der Waals surface area contributed by atoms with Gasteiger partial charge in [0, 0.05) is 21.7 Å². The Hall–Kier alpha value is -1.80. The van der Waals surface area contributed by atoms with E-state index in [0.717, 1.165) is 15.5 Å². The molecule has 0 spiro atoms. The van der Waals surface area contributed by atoms with Crippen molar-refractivity contribution < 1.29 is 9.18 Å². The normalized spacial score (nSPS) is 26.9. The molecule has 1 amide bonds. The summed E-state index contributed by atoms with van der Waals surface area (Å²) in [6, 6.07) is 11.3. The number of thiazole rings is 1. The SMILES string of the molecule is O=C(Cn1c2c(sc1=O)[C@H](c1cccc(Cl)c1Cl)C1C3CCC(C3)C1S2)Nc1ccc(F)cc1. The lowest BCUT2D eigenvalue weighted by Gasteiger charge is -2.40. The molecular formula is C25H21Cl2FN2O2S2. The van der Waals surface area contributed by atoms with Gasteiger partial charge in [-0.3, -0.25) is 14.2 Å². The zero-order chi connectivity index (χ0) is 23.6. The summed E-state index contributed by atoms with van der Waals surface area (Å²) in [6.45, 7) is -0.0868. The molecule has 2 aromatic carbocycles. The fourth-order valence-electron chi connectivity index (χ4n) is 6.07. The van der Waals surface area contributed by atoms with Crippen LogP contribution in [0.2, 0.25) is 10.0 Å². The molecule has 2 fully saturated rings. The van der Waals surface area contributed by atoms with E-state index < -0.39 is 0 Å². The lowest BCUT2D eigenvalue weighted by Crippen LogP contribution is -2.35. The summed E-state index contributed by atoms with van der Waals surface area (Å²) in [4.78, 5) is 26.8. The van der Waals surface area contributed by atoms with E-state index in [9.17, 15) is 14.0 Å². The second kappa shape index (κ2) is 8.70. The summed E-state index contributed by atoms with van der Waals surface area (Å²) in [5.41, 5.74) is 1.47. The lowest BCUT2D eigenvalue weighted by molar-refractivity contribution is -0.116. The number of anilines is 1. The van der Waals surface area contributed by atoms with Gasteiger partial charge in [0.2, 0.25) is 5.91 Å². The average molecular weight is 535 g/mol. The van der Waals surface area contributed by atoms with Crippen molar-refractivity contribution in [3.63, 3.8) is 0 Å². The molecule has 2 bridgehead atoms. The molecule has 1 aliphatic heterocycles. The molecule has 0 saturated heterocycles. The molecule has 5 atom stereocenters. The third kappa shape index (κ3) is 3.72. The van der Waals surface area contributed by atoms with Gasteiger partial charge >= 0.3 is 4.87 Å². The van der Waals surface area contributed by atoms with E-state index in [2.05, 4.69) is 5.32 Å². The summed E-state index contributed by atoms with van der Waals surface area (Å²) in [6.07, 6.45) is 3.64. The van der Waals surface area contributed by atoms with Crippen LogP contribution in [-0.2, 0) is 11.3 Å².